The Morgan fingerprint density at radius 1 is 1.59 bits per heavy atom. The maximum atomic E-state index is 11.9. The van der Waals surface area contributed by atoms with Crippen molar-refractivity contribution >= 4 is 22.0 Å². The molecule has 122 valence electrons. The lowest BCUT2D eigenvalue weighted by Gasteiger charge is -2.16. The van der Waals surface area contributed by atoms with Gasteiger partial charge in [-0.25, -0.2) is 4.79 Å². The van der Waals surface area contributed by atoms with Crippen LogP contribution in [0.2, 0.25) is 0 Å². The van der Waals surface area contributed by atoms with Gasteiger partial charge in [0.1, 0.15) is 19.1 Å². The fraction of sp³-hybridized carbons (Fsp3) is 0.538. The second-order valence-corrected chi connectivity index (χ2v) is 5.28. The molecular formula is C13H17BrN2O6. The van der Waals surface area contributed by atoms with Crippen molar-refractivity contribution in [3.63, 3.8) is 0 Å². The first-order valence-corrected chi connectivity index (χ1v) is 7.50. The first-order chi connectivity index (χ1) is 10.6. The quantitative estimate of drug-likeness (QED) is 0.541. The summed E-state index contributed by atoms with van der Waals surface area (Å²) < 4.78 is 16.8. The summed E-state index contributed by atoms with van der Waals surface area (Å²) in [5.74, 6) is 0. The summed E-state index contributed by atoms with van der Waals surface area (Å²) in [4.78, 5) is 27.3. The highest BCUT2D eigenvalue weighted by molar-refractivity contribution is 9.11. The van der Waals surface area contributed by atoms with E-state index in [0.29, 0.717) is 5.56 Å². The molecular weight excluding hydrogens is 360 g/mol. The molecule has 1 aromatic rings. The normalized spacial score (nSPS) is 25.1. The zero-order valence-electron chi connectivity index (χ0n) is 11.9. The Labute approximate surface area is 134 Å². The summed E-state index contributed by atoms with van der Waals surface area (Å²) in [5, 5.41) is 9.98. The van der Waals surface area contributed by atoms with E-state index in [1.54, 1.807) is 0 Å². The molecule has 0 unspecified atom stereocenters. The average molecular weight is 377 g/mol. The predicted molar refractivity (Wildman–Crippen MR) is 81.6 cm³/mol. The second kappa shape index (κ2) is 7.84. The minimum atomic E-state index is -0.768. The highest BCUT2D eigenvalue weighted by atomic mass is 79.9. The van der Waals surface area contributed by atoms with Gasteiger partial charge in [0, 0.05) is 19.7 Å². The third kappa shape index (κ3) is 3.93. The van der Waals surface area contributed by atoms with E-state index >= 15 is 0 Å². The van der Waals surface area contributed by atoms with Crippen LogP contribution in [-0.2, 0) is 14.2 Å². The van der Waals surface area contributed by atoms with Crippen molar-refractivity contribution in [2.75, 3.05) is 20.5 Å². The molecule has 0 saturated carbocycles. The molecule has 8 nitrogen and oxygen atoms in total. The number of aliphatic hydroxyl groups is 1. The van der Waals surface area contributed by atoms with Gasteiger partial charge in [-0.2, -0.15) is 0 Å². The number of nitrogens with zero attached hydrogens (tertiary/aromatic N) is 1. The molecule has 1 aliphatic heterocycles. The van der Waals surface area contributed by atoms with Crippen LogP contribution in [0.3, 0.4) is 0 Å². The SMILES string of the molecule is COCOC[C@H]1O[C@@H](n2cc(/C=C/Br)c(=O)[nH]c2=O)C[C@@H]1O. The monoisotopic (exact) mass is 376 g/mol. The maximum absolute atomic E-state index is 11.9. The lowest BCUT2D eigenvalue weighted by molar-refractivity contribution is -0.102. The summed E-state index contributed by atoms with van der Waals surface area (Å²) in [6.07, 6.45) is 1.14. The zero-order valence-corrected chi connectivity index (χ0v) is 13.5. The molecule has 0 aromatic carbocycles. The number of nitrogens with one attached hydrogen (secondary N) is 1. The number of aliphatic hydroxyl groups excluding tert-OH is 1. The van der Waals surface area contributed by atoms with Gasteiger partial charge in [-0.1, -0.05) is 15.9 Å². The Morgan fingerprint density at radius 3 is 3.05 bits per heavy atom. The smallest absolute Gasteiger partial charge is 0.330 e. The van der Waals surface area contributed by atoms with Gasteiger partial charge in [-0.15, -0.1) is 0 Å². The van der Waals surface area contributed by atoms with Crippen LogP contribution in [0.25, 0.3) is 6.08 Å². The van der Waals surface area contributed by atoms with Crippen molar-refractivity contribution in [2.45, 2.75) is 24.9 Å². The van der Waals surface area contributed by atoms with Gasteiger partial charge in [0.15, 0.2) is 0 Å². The van der Waals surface area contributed by atoms with E-state index in [1.807, 2.05) is 0 Å². The number of ether oxygens (including phenoxy) is 3. The topological polar surface area (TPSA) is 103 Å². The van der Waals surface area contributed by atoms with E-state index in [9.17, 15) is 14.7 Å². The van der Waals surface area contributed by atoms with Gasteiger partial charge in [0.2, 0.25) is 0 Å². The molecule has 1 aromatic heterocycles. The molecule has 0 aliphatic carbocycles. The largest absolute Gasteiger partial charge is 0.390 e. The van der Waals surface area contributed by atoms with E-state index in [2.05, 4.69) is 20.9 Å². The highest BCUT2D eigenvalue weighted by Crippen LogP contribution is 2.27. The van der Waals surface area contributed by atoms with Gasteiger partial charge in [0.05, 0.1) is 18.3 Å². The first-order valence-electron chi connectivity index (χ1n) is 6.59. The molecule has 1 fully saturated rings. The standard InChI is InChI=1S/C13H17BrN2O6/c1-20-7-21-6-10-9(17)4-11(22-10)16-5-8(2-3-14)12(18)15-13(16)19/h2-3,5,9-11,17H,4,6-7H2,1H3,(H,15,18,19)/b3-2+/t9-,10+,11+/m0/s1. The maximum Gasteiger partial charge on any atom is 0.330 e. The Hall–Kier alpha value is -1.26. The van der Waals surface area contributed by atoms with E-state index in [4.69, 9.17) is 14.2 Å². The zero-order chi connectivity index (χ0) is 16.1. The van der Waals surface area contributed by atoms with Gasteiger partial charge in [-0.05, 0) is 11.1 Å². The van der Waals surface area contributed by atoms with Crippen LogP contribution in [-0.4, -0.2) is 47.4 Å². The number of aromatic nitrogens is 2. The van der Waals surface area contributed by atoms with Crippen LogP contribution in [0.15, 0.2) is 20.8 Å². The molecule has 22 heavy (non-hydrogen) atoms. The third-order valence-electron chi connectivity index (χ3n) is 3.24. The van der Waals surface area contributed by atoms with Gasteiger partial charge in [-0.3, -0.25) is 14.3 Å². The van der Waals surface area contributed by atoms with Crippen LogP contribution in [0.5, 0.6) is 0 Å². The Bertz CT molecular complexity index is 640. The molecule has 0 bridgehead atoms. The predicted octanol–water partition coefficient (Wildman–Crippen LogP) is 0.171. The summed E-state index contributed by atoms with van der Waals surface area (Å²) in [6, 6.07) is 0. The highest BCUT2D eigenvalue weighted by Gasteiger charge is 2.35. The van der Waals surface area contributed by atoms with E-state index < -0.39 is 29.7 Å². The molecule has 1 saturated heterocycles. The molecule has 3 atom stereocenters. The number of rotatable bonds is 6. The van der Waals surface area contributed by atoms with Crippen LogP contribution in [0, 0.1) is 0 Å². The fourth-order valence-corrected chi connectivity index (χ4v) is 2.47. The Balaban J connectivity index is 2.17. The molecule has 9 heteroatoms. The minimum absolute atomic E-state index is 0.0933. The fourth-order valence-electron chi connectivity index (χ4n) is 2.18. The summed E-state index contributed by atoms with van der Waals surface area (Å²) in [7, 11) is 1.49. The van der Waals surface area contributed by atoms with E-state index in [0.717, 1.165) is 0 Å². The van der Waals surface area contributed by atoms with E-state index in [1.165, 1.54) is 28.9 Å². The van der Waals surface area contributed by atoms with E-state index in [-0.39, 0.29) is 19.8 Å². The molecule has 0 radical (unpaired) electrons. The van der Waals surface area contributed by atoms with Crippen molar-refractivity contribution in [3.8, 4) is 0 Å². The van der Waals surface area contributed by atoms with Crippen LogP contribution >= 0.6 is 15.9 Å². The Kier molecular flexibility index (Phi) is 6.09. The first kappa shape index (κ1) is 17.1. The van der Waals surface area contributed by atoms with Crippen molar-refractivity contribution in [1.82, 2.24) is 9.55 Å². The number of aromatic amines is 1. The summed E-state index contributed by atoms with van der Waals surface area (Å²) >= 11 is 3.08. The molecule has 0 amide bonds. The summed E-state index contributed by atoms with van der Waals surface area (Å²) in [6.45, 7) is 0.244. The van der Waals surface area contributed by atoms with Gasteiger partial charge >= 0.3 is 5.69 Å². The number of methoxy groups -OCH3 is 1. The van der Waals surface area contributed by atoms with Crippen molar-refractivity contribution in [1.29, 1.82) is 0 Å². The van der Waals surface area contributed by atoms with Crippen molar-refractivity contribution < 1.29 is 19.3 Å². The number of hydrogen-bond acceptors (Lipinski definition) is 6. The number of halogens is 1. The molecule has 2 rings (SSSR count). The van der Waals surface area contributed by atoms with Crippen LogP contribution in [0.1, 0.15) is 18.2 Å². The number of hydrogen-bond donors (Lipinski definition) is 2. The average Bonchev–Trinajstić information content (AvgIpc) is 2.83. The minimum Gasteiger partial charge on any atom is -0.390 e. The third-order valence-corrected chi connectivity index (χ3v) is 3.50. The molecule has 2 heterocycles. The second-order valence-electron chi connectivity index (χ2n) is 4.75. The van der Waals surface area contributed by atoms with Crippen molar-refractivity contribution in [3.05, 3.63) is 37.6 Å². The van der Waals surface area contributed by atoms with Gasteiger partial charge in [0.25, 0.3) is 5.56 Å². The molecule has 1 aliphatic rings. The molecule has 0 spiro atoms. The molecule has 2 N–H and O–H groups in total. The lowest BCUT2D eigenvalue weighted by atomic mass is 10.2. The Morgan fingerprint density at radius 2 is 2.36 bits per heavy atom. The summed E-state index contributed by atoms with van der Waals surface area (Å²) in [5.41, 5.74) is -0.781. The lowest BCUT2D eigenvalue weighted by Crippen LogP contribution is -2.33. The van der Waals surface area contributed by atoms with Crippen LogP contribution in [0.4, 0.5) is 0 Å². The van der Waals surface area contributed by atoms with Crippen molar-refractivity contribution in [2.24, 2.45) is 0 Å². The number of H-pyrrole nitrogens is 1. The van der Waals surface area contributed by atoms with Gasteiger partial charge < -0.3 is 19.3 Å². The van der Waals surface area contributed by atoms with Crippen LogP contribution < -0.4 is 11.2 Å².